The molecule has 9 heteroatoms. The molecule has 0 fully saturated rings. The lowest BCUT2D eigenvalue weighted by Gasteiger charge is -2.06. The minimum absolute atomic E-state index is 0.101. The van der Waals surface area contributed by atoms with Gasteiger partial charge in [-0.3, -0.25) is 18.6 Å². The van der Waals surface area contributed by atoms with Crippen LogP contribution in [0.1, 0.15) is 18.7 Å². The zero-order valence-electron chi connectivity index (χ0n) is 14.5. The van der Waals surface area contributed by atoms with Crippen LogP contribution in [-0.4, -0.2) is 25.1 Å². The van der Waals surface area contributed by atoms with Crippen LogP contribution in [0.5, 0.6) is 0 Å². The third kappa shape index (κ3) is 3.10. The molecule has 4 aromatic rings. The van der Waals surface area contributed by atoms with Gasteiger partial charge in [0.1, 0.15) is 16.3 Å². The van der Waals surface area contributed by atoms with Gasteiger partial charge in [-0.2, -0.15) is 0 Å². The molecule has 0 radical (unpaired) electrons. The highest BCUT2D eigenvalue weighted by molar-refractivity contribution is 7.17. The van der Waals surface area contributed by atoms with E-state index >= 15 is 0 Å². The van der Waals surface area contributed by atoms with Gasteiger partial charge in [-0.05, 0) is 30.0 Å². The normalized spacial score (nSPS) is 11.3. The lowest BCUT2D eigenvalue weighted by Crippen LogP contribution is -2.19. The van der Waals surface area contributed by atoms with E-state index in [0.717, 1.165) is 5.52 Å². The summed E-state index contributed by atoms with van der Waals surface area (Å²) in [7, 11) is 1.66. The van der Waals surface area contributed by atoms with Crippen LogP contribution in [0.4, 0.5) is 10.1 Å². The summed E-state index contributed by atoms with van der Waals surface area (Å²) in [5.41, 5.74) is 0.843. The molecule has 0 aliphatic rings. The molecule has 138 valence electrons. The van der Waals surface area contributed by atoms with E-state index in [2.05, 4.69) is 15.5 Å². The summed E-state index contributed by atoms with van der Waals surface area (Å²) in [5, 5.41) is 12.7. The maximum Gasteiger partial charge on any atom is 0.272 e. The van der Waals surface area contributed by atoms with Gasteiger partial charge in [0.2, 0.25) is 11.7 Å². The minimum atomic E-state index is -0.463. The molecule has 27 heavy (non-hydrogen) atoms. The van der Waals surface area contributed by atoms with Crippen LogP contribution in [-0.2, 0) is 18.3 Å². The van der Waals surface area contributed by atoms with Crippen LogP contribution in [0.2, 0.25) is 0 Å². The van der Waals surface area contributed by atoms with Gasteiger partial charge in [-0.15, -0.1) is 21.5 Å². The quantitative estimate of drug-likeness (QED) is 0.573. The van der Waals surface area contributed by atoms with E-state index in [4.69, 9.17) is 0 Å². The first-order chi connectivity index (χ1) is 13.1. The first-order valence-corrected chi connectivity index (χ1v) is 9.29. The van der Waals surface area contributed by atoms with E-state index in [9.17, 15) is 14.0 Å². The number of aromatic nitrogens is 4. The van der Waals surface area contributed by atoms with Crippen molar-refractivity contribution < 1.29 is 9.18 Å². The van der Waals surface area contributed by atoms with Crippen LogP contribution in [0, 0.1) is 5.82 Å². The van der Waals surface area contributed by atoms with Crippen LogP contribution in [0.15, 0.2) is 40.5 Å². The van der Waals surface area contributed by atoms with Gasteiger partial charge in [-0.1, -0.05) is 12.1 Å². The second-order valence-electron chi connectivity index (χ2n) is 6.13. The van der Waals surface area contributed by atoms with Crippen LogP contribution in [0.3, 0.4) is 0 Å². The molecule has 0 unspecified atom stereocenters. The molecule has 0 atom stereocenters. The third-order valence-electron chi connectivity index (χ3n) is 4.35. The molecule has 0 saturated heterocycles. The molecule has 1 N–H and O–H groups in total. The highest BCUT2D eigenvalue weighted by Crippen LogP contribution is 2.20. The topological polar surface area (TPSA) is 81.3 Å². The van der Waals surface area contributed by atoms with E-state index in [-0.39, 0.29) is 23.6 Å². The lowest BCUT2D eigenvalue weighted by molar-refractivity contribution is -0.116. The number of hydrogen-bond acceptors (Lipinski definition) is 5. The van der Waals surface area contributed by atoms with Crippen molar-refractivity contribution in [3.05, 3.63) is 57.7 Å². The number of nitrogens with one attached hydrogen (secondary N) is 1. The zero-order valence-corrected chi connectivity index (χ0v) is 15.3. The van der Waals surface area contributed by atoms with Crippen molar-refractivity contribution in [3.63, 3.8) is 0 Å². The predicted molar refractivity (Wildman–Crippen MR) is 102 cm³/mol. The number of para-hydroxylation sites is 1. The predicted octanol–water partition coefficient (Wildman–Crippen LogP) is 2.74. The Labute approximate surface area is 157 Å². The summed E-state index contributed by atoms with van der Waals surface area (Å²) in [6, 6.07) is 7.92. The van der Waals surface area contributed by atoms with Gasteiger partial charge in [0, 0.05) is 19.9 Å². The molecule has 1 amide bonds. The Hall–Kier alpha value is -3.07. The van der Waals surface area contributed by atoms with Gasteiger partial charge in [0.05, 0.1) is 11.2 Å². The van der Waals surface area contributed by atoms with Gasteiger partial charge in [0.15, 0.2) is 0 Å². The average Bonchev–Trinajstić information content (AvgIpc) is 3.28. The molecule has 4 rings (SSSR count). The van der Waals surface area contributed by atoms with E-state index in [1.807, 2.05) is 15.8 Å². The van der Waals surface area contributed by atoms with Crippen molar-refractivity contribution >= 4 is 38.9 Å². The molecule has 3 heterocycles. The fraction of sp³-hybridized carbons (Fsp3) is 0.222. The highest BCUT2D eigenvalue weighted by atomic mass is 32.1. The molecule has 0 saturated carbocycles. The van der Waals surface area contributed by atoms with Crippen molar-refractivity contribution in [2.45, 2.75) is 19.3 Å². The number of fused-ring (bicyclic) bond motifs is 3. The first kappa shape index (κ1) is 17.3. The molecule has 7 nitrogen and oxygen atoms in total. The van der Waals surface area contributed by atoms with Crippen molar-refractivity contribution in [1.82, 2.24) is 19.2 Å². The number of anilines is 1. The Kier molecular flexibility index (Phi) is 4.44. The van der Waals surface area contributed by atoms with E-state index in [0.29, 0.717) is 29.1 Å². The number of carbonyl (C=O) groups is 1. The maximum atomic E-state index is 13.6. The smallest absolute Gasteiger partial charge is 0.272 e. The Bertz CT molecular complexity index is 1210. The average molecular weight is 385 g/mol. The Morgan fingerprint density at radius 2 is 2.07 bits per heavy atom. The summed E-state index contributed by atoms with van der Waals surface area (Å²) >= 11 is 1.38. The van der Waals surface area contributed by atoms with Crippen LogP contribution in [0.25, 0.3) is 16.0 Å². The monoisotopic (exact) mass is 385 g/mol. The third-order valence-corrected chi connectivity index (χ3v) is 5.24. The number of amides is 1. The maximum absolute atomic E-state index is 13.6. The number of hydrogen-bond donors (Lipinski definition) is 1. The summed E-state index contributed by atoms with van der Waals surface area (Å²) in [4.78, 5) is 24.4. The van der Waals surface area contributed by atoms with Crippen molar-refractivity contribution in [1.29, 1.82) is 0 Å². The second-order valence-corrected chi connectivity index (χ2v) is 7.05. The Morgan fingerprint density at radius 1 is 1.26 bits per heavy atom. The molecule has 0 aliphatic heterocycles. The SMILES string of the molecule is Cn1c(=O)c2sccc2n2c(CCCC(=O)Nc3ccccc3F)nnc12. The highest BCUT2D eigenvalue weighted by Gasteiger charge is 2.15. The number of aryl methyl sites for hydroxylation is 2. The van der Waals surface area contributed by atoms with Crippen LogP contribution < -0.4 is 10.9 Å². The number of halogens is 1. The molecule has 1 aromatic carbocycles. The van der Waals surface area contributed by atoms with Crippen molar-refractivity contribution in [2.75, 3.05) is 5.32 Å². The fourth-order valence-electron chi connectivity index (χ4n) is 3.00. The van der Waals surface area contributed by atoms with E-state index in [1.54, 1.807) is 19.2 Å². The van der Waals surface area contributed by atoms with Crippen LogP contribution >= 0.6 is 11.3 Å². The largest absolute Gasteiger partial charge is 0.324 e. The molecule has 3 aromatic heterocycles. The molecule has 0 bridgehead atoms. The summed E-state index contributed by atoms with van der Waals surface area (Å²) in [6.45, 7) is 0. The number of rotatable bonds is 5. The summed E-state index contributed by atoms with van der Waals surface area (Å²) in [5.74, 6) is 0.427. The first-order valence-electron chi connectivity index (χ1n) is 8.41. The van der Waals surface area contributed by atoms with Gasteiger partial charge < -0.3 is 5.32 Å². The van der Waals surface area contributed by atoms with Gasteiger partial charge >= 0.3 is 0 Å². The molecular weight excluding hydrogens is 369 g/mol. The zero-order chi connectivity index (χ0) is 19.0. The van der Waals surface area contributed by atoms with E-state index in [1.165, 1.54) is 28.0 Å². The number of carbonyl (C=O) groups excluding carboxylic acids is 1. The standard InChI is InChI=1S/C18H16FN5O2S/c1-23-17(26)16-13(9-10-27-16)24-14(21-22-18(23)24)7-4-8-15(25)20-12-6-3-2-5-11(12)19/h2-3,5-6,9-10H,4,7-8H2,1H3,(H,20,25). The van der Waals surface area contributed by atoms with Gasteiger partial charge in [0.25, 0.3) is 5.56 Å². The second kappa shape index (κ2) is 6.92. The number of benzene rings is 1. The number of thiophene rings is 1. The Balaban J connectivity index is 1.51. The van der Waals surface area contributed by atoms with Gasteiger partial charge in [-0.25, -0.2) is 4.39 Å². The van der Waals surface area contributed by atoms with Crippen molar-refractivity contribution in [2.24, 2.45) is 7.05 Å². The molecule has 0 aliphatic carbocycles. The summed E-state index contributed by atoms with van der Waals surface area (Å²) < 4.78 is 17.6. The number of nitrogens with zero attached hydrogens (tertiary/aromatic N) is 4. The van der Waals surface area contributed by atoms with E-state index < -0.39 is 5.82 Å². The summed E-state index contributed by atoms with van der Waals surface area (Å²) in [6.07, 6.45) is 1.26. The minimum Gasteiger partial charge on any atom is -0.324 e. The molecular formula is C18H16FN5O2S. The molecule has 0 spiro atoms. The Morgan fingerprint density at radius 3 is 2.89 bits per heavy atom. The fourth-order valence-corrected chi connectivity index (χ4v) is 3.85. The van der Waals surface area contributed by atoms with Crippen molar-refractivity contribution in [3.8, 4) is 0 Å². The lowest BCUT2D eigenvalue weighted by atomic mass is 10.2.